The molecule has 0 spiro atoms. The molecule has 1 N–H and O–H groups in total. The van der Waals surface area contributed by atoms with Crippen LogP contribution in [0.5, 0.6) is 0 Å². The van der Waals surface area contributed by atoms with Gasteiger partial charge >= 0.3 is 0 Å². The molecule has 3 nitrogen and oxygen atoms in total. The molecule has 0 saturated carbocycles. The van der Waals surface area contributed by atoms with Crippen molar-refractivity contribution in [2.24, 2.45) is 5.41 Å². The van der Waals surface area contributed by atoms with E-state index in [0.29, 0.717) is 18.1 Å². The quantitative estimate of drug-likeness (QED) is 0.819. The molecule has 0 bridgehead atoms. The van der Waals surface area contributed by atoms with Crippen LogP contribution in [0.3, 0.4) is 0 Å². The summed E-state index contributed by atoms with van der Waals surface area (Å²) in [6.07, 6.45) is 1.95. The summed E-state index contributed by atoms with van der Waals surface area (Å²) in [7, 11) is 0. The molecule has 0 radical (unpaired) electrons. The first kappa shape index (κ1) is 15.8. The van der Waals surface area contributed by atoms with E-state index in [2.05, 4.69) is 24.1 Å². The normalized spacial score (nSPS) is 11.6. The van der Waals surface area contributed by atoms with Crippen molar-refractivity contribution >= 4 is 28.4 Å². The first-order valence-corrected chi connectivity index (χ1v) is 7.75. The monoisotopic (exact) mass is 304 g/mol. The summed E-state index contributed by atoms with van der Waals surface area (Å²) in [6, 6.07) is 11.5. The molecule has 1 aromatic carbocycles. The van der Waals surface area contributed by atoms with E-state index in [9.17, 15) is 4.79 Å². The summed E-state index contributed by atoms with van der Waals surface area (Å²) in [4.78, 5) is 16.6. The maximum atomic E-state index is 12.2. The van der Waals surface area contributed by atoms with Gasteiger partial charge in [0, 0.05) is 17.8 Å². The lowest BCUT2D eigenvalue weighted by Crippen LogP contribution is -2.34. The summed E-state index contributed by atoms with van der Waals surface area (Å²) >= 11 is 5.72. The van der Waals surface area contributed by atoms with Crippen molar-refractivity contribution in [3.63, 3.8) is 0 Å². The minimum absolute atomic E-state index is 0.0431. The fourth-order valence-electron chi connectivity index (χ4n) is 2.24. The highest BCUT2D eigenvalue weighted by Crippen LogP contribution is 2.21. The molecule has 0 fully saturated rings. The van der Waals surface area contributed by atoms with Crippen LogP contribution >= 0.6 is 11.6 Å². The van der Waals surface area contributed by atoms with E-state index in [0.717, 1.165) is 23.7 Å². The SMILES string of the molecule is CC(C)(CCCCl)CNC(=O)c1ccc2ccccc2n1. The molecule has 1 amide bonds. The van der Waals surface area contributed by atoms with Gasteiger partial charge in [0.25, 0.3) is 5.91 Å². The van der Waals surface area contributed by atoms with Gasteiger partial charge in [0.05, 0.1) is 5.52 Å². The minimum Gasteiger partial charge on any atom is -0.350 e. The highest BCUT2D eigenvalue weighted by atomic mass is 35.5. The average molecular weight is 305 g/mol. The Hall–Kier alpha value is -1.61. The zero-order valence-electron chi connectivity index (χ0n) is 12.5. The summed E-state index contributed by atoms with van der Waals surface area (Å²) in [5.41, 5.74) is 1.34. The van der Waals surface area contributed by atoms with Gasteiger partial charge in [-0.25, -0.2) is 4.98 Å². The van der Waals surface area contributed by atoms with Crippen LogP contribution in [0.1, 0.15) is 37.2 Å². The molecule has 1 heterocycles. The molecule has 112 valence electrons. The maximum Gasteiger partial charge on any atom is 0.269 e. The van der Waals surface area contributed by atoms with E-state index >= 15 is 0 Å². The van der Waals surface area contributed by atoms with Crippen LogP contribution < -0.4 is 5.32 Å². The largest absolute Gasteiger partial charge is 0.350 e. The Morgan fingerprint density at radius 3 is 2.76 bits per heavy atom. The van der Waals surface area contributed by atoms with Gasteiger partial charge in [-0.1, -0.05) is 38.1 Å². The third-order valence-electron chi connectivity index (χ3n) is 3.55. The number of para-hydroxylation sites is 1. The Morgan fingerprint density at radius 1 is 1.24 bits per heavy atom. The van der Waals surface area contributed by atoms with Crippen molar-refractivity contribution in [3.8, 4) is 0 Å². The van der Waals surface area contributed by atoms with Gasteiger partial charge in [-0.05, 0) is 30.4 Å². The van der Waals surface area contributed by atoms with E-state index in [1.807, 2.05) is 30.3 Å². The predicted molar refractivity (Wildman–Crippen MR) is 87.8 cm³/mol. The van der Waals surface area contributed by atoms with Crippen LogP contribution in [-0.2, 0) is 0 Å². The lowest BCUT2D eigenvalue weighted by Gasteiger charge is -2.24. The van der Waals surface area contributed by atoms with Crippen LogP contribution in [0, 0.1) is 5.41 Å². The number of hydrogen-bond donors (Lipinski definition) is 1. The van der Waals surface area contributed by atoms with Crippen molar-refractivity contribution in [3.05, 3.63) is 42.1 Å². The summed E-state index contributed by atoms with van der Waals surface area (Å²) < 4.78 is 0. The third kappa shape index (κ3) is 4.43. The van der Waals surface area contributed by atoms with E-state index in [4.69, 9.17) is 11.6 Å². The number of amides is 1. The zero-order chi connectivity index (χ0) is 15.3. The van der Waals surface area contributed by atoms with E-state index in [1.165, 1.54) is 0 Å². The predicted octanol–water partition coefficient (Wildman–Crippen LogP) is 4.01. The number of aromatic nitrogens is 1. The summed E-state index contributed by atoms with van der Waals surface area (Å²) in [5.74, 6) is 0.531. The van der Waals surface area contributed by atoms with E-state index in [1.54, 1.807) is 6.07 Å². The molecule has 21 heavy (non-hydrogen) atoms. The average Bonchev–Trinajstić information content (AvgIpc) is 2.50. The van der Waals surface area contributed by atoms with Gasteiger partial charge in [0.1, 0.15) is 5.69 Å². The van der Waals surface area contributed by atoms with Crippen molar-refractivity contribution in [2.75, 3.05) is 12.4 Å². The van der Waals surface area contributed by atoms with Crippen molar-refractivity contribution < 1.29 is 4.79 Å². The number of pyridine rings is 1. The Morgan fingerprint density at radius 2 is 2.00 bits per heavy atom. The molecule has 4 heteroatoms. The van der Waals surface area contributed by atoms with Crippen LogP contribution in [0.4, 0.5) is 0 Å². The molecule has 2 rings (SSSR count). The van der Waals surface area contributed by atoms with Gasteiger partial charge in [-0.15, -0.1) is 11.6 Å². The van der Waals surface area contributed by atoms with E-state index < -0.39 is 0 Å². The second kappa shape index (κ2) is 6.90. The van der Waals surface area contributed by atoms with Crippen LogP contribution in [0.25, 0.3) is 10.9 Å². The van der Waals surface area contributed by atoms with Crippen LogP contribution in [0.2, 0.25) is 0 Å². The van der Waals surface area contributed by atoms with Gasteiger partial charge in [-0.3, -0.25) is 4.79 Å². The number of fused-ring (bicyclic) bond motifs is 1. The van der Waals surface area contributed by atoms with Gasteiger partial charge in [0.2, 0.25) is 0 Å². The lowest BCUT2D eigenvalue weighted by atomic mass is 9.88. The molecule has 0 atom stereocenters. The second-order valence-electron chi connectivity index (χ2n) is 6.03. The highest BCUT2D eigenvalue weighted by Gasteiger charge is 2.19. The number of hydrogen-bond acceptors (Lipinski definition) is 2. The number of carbonyl (C=O) groups is 1. The Kier molecular flexibility index (Phi) is 5.18. The van der Waals surface area contributed by atoms with Crippen molar-refractivity contribution in [2.45, 2.75) is 26.7 Å². The highest BCUT2D eigenvalue weighted by molar-refractivity contribution is 6.17. The summed E-state index contributed by atoms with van der Waals surface area (Å²) in [5, 5.41) is 4.01. The standard InChI is InChI=1S/C17H21ClN2O/c1-17(2,10-5-11-18)12-19-16(21)15-9-8-13-6-3-4-7-14(13)20-15/h3-4,6-9H,5,10-12H2,1-2H3,(H,19,21). The first-order chi connectivity index (χ1) is 10.0. The maximum absolute atomic E-state index is 12.2. The fraction of sp³-hybridized carbons (Fsp3) is 0.412. The second-order valence-corrected chi connectivity index (χ2v) is 6.41. The molecular weight excluding hydrogens is 284 g/mol. The summed E-state index contributed by atoms with van der Waals surface area (Å²) in [6.45, 7) is 4.89. The molecule has 1 aromatic heterocycles. The van der Waals surface area contributed by atoms with Gasteiger partial charge < -0.3 is 5.32 Å². The van der Waals surface area contributed by atoms with Crippen molar-refractivity contribution in [1.82, 2.24) is 10.3 Å². The third-order valence-corrected chi connectivity index (χ3v) is 3.81. The molecule has 0 aliphatic carbocycles. The number of carbonyl (C=O) groups excluding carboxylic acids is 1. The number of alkyl halides is 1. The number of halogens is 1. The molecule has 0 unspecified atom stereocenters. The molecule has 2 aromatic rings. The minimum atomic E-state index is -0.125. The molecule has 0 aliphatic heterocycles. The first-order valence-electron chi connectivity index (χ1n) is 7.22. The number of nitrogens with one attached hydrogen (secondary N) is 1. The Bertz CT molecular complexity index is 625. The topological polar surface area (TPSA) is 42.0 Å². The van der Waals surface area contributed by atoms with Crippen LogP contribution in [-0.4, -0.2) is 23.3 Å². The Labute approximate surface area is 130 Å². The smallest absolute Gasteiger partial charge is 0.269 e. The molecular formula is C17H21ClN2O. The van der Waals surface area contributed by atoms with Gasteiger partial charge in [0.15, 0.2) is 0 Å². The fourth-order valence-corrected chi connectivity index (χ4v) is 2.37. The molecule has 0 saturated heterocycles. The van der Waals surface area contributed by atoms with E-state index in [-0.39, 0.29) is 11.3 Å². The number of benzene rings is 1. The van der Waals surface area contributed by atoms with Gasteiger partial charge in [-0.2, -0.15) is 0 Å². The molecule has 0 aliphatic rings. The zero-order valence-corrected chi connectivity index (χ0v) is 13.3. The lowest BCUT2D eigenvalue weighted by molar-refractivity contribution is 0.0930. The Balaban J connectivity index is 2.02. The van der Waals surface area contributed by atoms with Crippen LogP contribution in [0.15, 0.2) is 36.4 Å². The number of rotatable bonds is 6. The van der Waals surface area contributed by atoms with Crippen molar-refractivity contribution in [1.29, 1.82) is 0 Å². The number of nitrogens with zero attached hydrogens (tertiary/aromatic N) is 1.